The van der Waals surface area contributed by atoms with Crippen LogP contribution in [0.15, 0.2) is 24.3 Å². The van der Waals surface area contributed by atoms with Crippen molar-refractivity contribution in [2.45, 2.75) is 32.9 Å². The van der Waals surface area contributed by atoms with Crippen LogP contribution in [-0.4, -0.2) is 43.7 Å². The van der Waals surface area contributed by atoms with Crippen molar-refractivity contribution in [1.29, 1.82) is 0 Å². The van der Waals surface area contributed by atoms with Crippen molar-refractivity contribution in [2.24, 2.45) is 5.73 Å². The molecule has 5 heteroatoms. The highest BCUT2D eigenvalue weighted by atomic mass is 16.5. The number of para-hydroxylation sites is 1. The Labute approximate surface area is 127 Å². The molecule has 0 heterocycles. The van der Waals surface area contributed by atoms with Gasteiger partial charge in [-0.2, -0.15) is 0 Å². The van der Waals surface area contributed by atoms with Crippen molar-refractivity contribution >= 4 is 5.91 Å². The lowest BCUT2D eigenvalue weighted by Gasteiger charge is -2.28. The highest BCUT2D eigenvalue weighted by molar-refractivity contribution is 5.78. The minimum Gasteiger partial charge on any atom is -0.483 e. The van der Waals surface area contributed by atoms with Crippen LogP contribution in [0.5, 0.6) is 5.75 Å². The van der Waals surface area contributed by atoms with E-state index in [1.807, 2.05) is 31.2 Å². The molecule has 1 amide bonds. The van der Waals surface area contributed by atoms with Gasteiger partial charge in [0, 0.05) is 31.8 Å². The van der Waals surface area contributed by atoms with Crippen molar-refractivity contribution in [1.82, 2.24) is 4.90 Å². The Hall–Kier alpha value is -1.59. The molecule has 1 aromatic carbocycles. The molecule has 0 aromatic heterocycles. The highest BCUT2D eigenvalue weighted by Gasteiger charge is 2.19. The number of methoxy groups -OCH3 is 1. The maximum absolute atomic E-state index is 12.3. The number of amides is 1. The van der Waals surface area contributed by atoms with Crippen molar-refractivity contribution in [3.05, 3.63) is 29.8 Å². The van der Waals surface area contributed by atoms with Crippen LogP contribution in [0.25, 0.3) is 0 Å². The topological polar surface area (TPSA) is 64.8 Å². The van der Waals surface area contributed by atoms with Crippen LogP contribution in [0.3, 0.4) is 0 Å². The fourth-order valence-corrected chi connectivity index (χ4v) is 2.04. The number of hydrogen-bond donors (Lipinski definition) is 1. The molecule has 2 N–H and O–H groups in total. The molecule has 0 aliphatic carbocycles. The van der Waals surface area contributed by atoms with Gasteiger partial charge in [0.15, 0.2) is 6.61 Å². The average molecular weight is 294 g/mol. The van der Waals surface area contributed by atoms with Gasteiger partial charge in [-0.15, -0.1) is 0 Å². The number of nitrogens with zero attached hydrogens (tertiary/aromatic N) is 1. The molecule has 0 aliphatic heterocycles. The van der Waals surface area contributed by atoms with E-state index in [1.54, 1.807) is 12.0 Å². The Morgan fingerprint density at radius 1 is 1.38 bits per heavy atom. The quantitative estimate of drug-likeness (QED) is 0.754. The maximum atomic E-state index is 12.3. The first kappa shape index (κ1) is 17.5. The first-order valence-corrected chi connectivity index (χ1v) is 7.33. The fraction of sp³-hybridized carbons (Fsp3) is 0.562. The monoisotopic (exact) mass is 294 g/mol. The third-order valence-corrected chi connectivity index (χ3v) is 3.52. The summed E-state index contributed by atoms with van der Waals surface area (Å²) in [5.74, 6) is 0.636. The summed E-state index contributed by atoms with van der Waals surface area (Å²) in [5.41, 5.74) is 6.56. The van der Waals surface area contributed by atoms with E-state index in [9.17, 15) is 4.79 Å². The smallest absolute Gasteiger partial charge is 0.260 e. The number of rotatable bonds is 9. The van der Waals surface area contributed by atoms with Gasteiger partial charge >= 0.3 is 0 Å². The van der Waals surface area contributed by atoms with Crippen LogP contribution in [0.1, 0.15) is 25.8 Å². The third-order valence-electron chi connectivity index (χ3n) is 3.52. The lowest BCUT2D eigenvalue weighted by Crippen LogP contribution is -2.43. The van der Waals surface area contributed by atoms with Gasteiger partial charge < -0.3 is 20.1 Å². The number of carbonyl (C=O) groups is 1. The summed E-state index contributed by atoms with van der Waals surface area (Å²) in [6, 6.07) is 7.67. The minimum absolute atomic E-state index is 0.0189. The molecule has 118 valence electrons. The van der Waals surface area contributed by atoms with Gasteiger partial charge in [0.25, 0.3) is 5.91 Å². The van der Waals surface area contributed by atoms with Crippen molar-refractivity contribution < 1.29 is 14.3 Å². The normalized spacial score (nSPS) is 12.0. The van der Waals surface area contributed by atoms with Crippen molar-refractivity contribution in [3.63, 3.8) is 0 Å². The van der Waals surface area contributed by atoms with Crippen molar-refractivity contribution in [2.75, 3.05) is 26.9 Å². The zero-order valence-corrected chi connectivity index (χ0v) is 13.2. The highest BCUT2D eigenvalue weighted by Crippen LogP contribution is 2.17. The van der Waals surface area contributed by atoms with E-state index in [0.29, 0.717) is 25.4 Å². The number of carbonyl (C=O) groups excluding carboxylic acids is 1. The zero-order chi connectivity index (χ0) is 15.7. The molecule has 0 saturated carbocycles. The van der Waals surface area contributed by atoms with Gasteiger partial charge in [-0.1, -0.05) is 25.1 Å². The first-order chi connectivity index (χ1) is 10.1. The van der Waals surface area contributed by atoms with E-state index in [4.69, 9.17) is 15.2 Å². The van der Waals surface area contributed by atoms with Crippen molar-refractivity contribution in [3.8, 4) is 5.75 Å². The van der Waals surface area contributed by atoms with E-state index < -0.39 is 0 Å². The number of ether oxygens (including phenoxy) is 2. The van der Waals surface area contributed by atoms with Gasteiger partial charge in [-0.05, 0) is 19.4 Å². The molecule has 0 spiro atoms. The summed E-state index contributed by atoms with van der Waals surface area (Å²) in [6.07, 6.45) is 0.898. The molecule has 0 radical (unpaired) electrons. The zero-order valence-electron chi connectivity index (χ0n) is 13.2. The summed E-state index contributed by atoms with van der Waals surface area (Å²) in [7, 11) is 1.63. The summed E-state index contributed by atoms with van der Waals surface area (Å²) >= 11 is 0. The average Bonchev–Trinajstić information content (AvgIpc) is 2.53. The second kappa shape index (κ2) is 9.37. The van der Waals surface area contributed by atoms with Crippen LogP contribution in [0.2, 0.25) is 0 Å². The molecule has 1 unspecified atom stereocenters. The minimum atomic E-state index is -0.0341. The largest absolute Gasteiger partial charge is 0.483 e. The molecule has 1 atom stereocenters. The standard InChI is InChI=1S/C16H26N2O3/c1-4-13(2)18(9-10-20-3)16(19)12-21-15-8-6-5-7-14(15)11-17/h5-8,13H,4,9-12,17H2,1-3H3. The van der Waals surface area contributed by atoms with E-state index in [0.717, 1.165) is 12.0 Å². The lowest BCUT2D eigenvalue weighted by atomic mass is 10.2. The summed E-state index contributed by atoms with van der Waals surface area (Å²) in [5, 5.41) is 0. The maximum Gasteiger partial charge on any atom is 0.260 e. The Balaban J connectivity index is 2.64. The first-order valence-electron chi connectivity index (χ1n) is 7.33. The lowest BCUT2D eigenvalue weighted by molar-refractivity contribution is -0.136. The number of hydrogen-bond acceptors (Lipinski definition) is 4. The molecular formula is C16H26N2O3. The van der Waals surface area contributed by atoms with E-state index >= 15 is 0 Å². The Morgan fingerprint density at radius 2 is 2.10 bits per heavy atom. The molecule has 5 nitrogen and oxygen atoms in total. The van der Waals surface area contributed by atoms with Gasteiger partial charge in [0.1, 0.15) is 5.75 Å². The van der Waals surface area contributed by atoms with Gasteiger partial charge in [-0.25, -0.2) is 0 Å². The summed E-state index contributed by atoms with van der Waals surface area (Å²) in [4.78, 5) is 14.1. The van der Waals surface area contributed by atoms with E-state index in [-0.39, 0.29) is 18.6 Å². The molecule has 0 aliphatic rings. The Bertz CT molecular complexity index is 437. The number of benzene rings is 1. The predicted octanol–water partition coefficient (Wildman–Crippen LogP) is 1.80. The van der Waals surface area contributed by atoms with Gasteiger partial charge in [0.2, 0.25) is 0 Å². The fourth-order valence-electron chi connectivity index (χ4n) is 2.04. The number of nitrogens with two attached hydrogens (primary N) is 1. The molecule has 1 rings (SSSR count). The summed E-state index contributed by atoms with van der Waals surface area (Å²) < 4.78 is 10.7. The van der Waals surface area contributed by atoms with Crippen LogP contribution >= 0.6 is 0 Å². The second-order valence-corrected chi connectivity index (χ2v) is 4.94. The van der Waals surface area contributed by atoms with Crippen LogP contribution in [0.4, 0.5) is 0 Å². The van der Waals surface area contributed by atoms with Crippen LogP contribution < -0.4 is 10.5 Å². The summed E-state index contributed by atoms with van der Waals surface area (Å²) in [6.45, 7) is 5.60. The molecule has 0 fully saturated rings. The molecular weight excluding hydrogens is 268 g/mol. The van der Waals surface area contributed by atoms with Gasteiger partial charge in [-0.3, -0.25) is 4.79 Å². The van der Waals surface area contributed by atoms with E-state index in [1.165, 1.54) is 0 Å². The SMILES string of the molecule is CCC(C)N(CCOC)C(=O)COc1ccccc1CN. The molecule has 21 heavy (non-hydrogen) atoms. The second-order valence-electron chi connectivity index (χ2n) is 4.94. The van der Waals surface area contributed by atoms with E-state index in [2.05, 4.69) is 6.92 Å². The van der Waals surface area contributed by atoms with Crippen LogP contribution in [-0.2, 0) is 16.1 Å². The molecule has 0 saturated heterocycles. The molecule has 0 bridgehead atoms. The Morgan fingerprint density at radius 3 is 2.71 bits per heavy atom. The Kier molecular flexibility index (Phi) is 7.79. The van der Waals surface area contributed by atoms with Crippen LogP contribution in [0, 0.1) is 0 Å². The third kappa shape index (κ3) is 5.36. The van der Waals surface area contributed by atoms with Gasteiger partial charge in [0.05, 0.1) is 6.61 Å². The predicted molar refractivity (Wildman–Crippen MR) is 83.2 cm³/mol. The molecule has 1 aromatic rings.